The molecule has 1 aromatic carbocycles. The highest BCUT2D eigenvalue weighted by Gasteiger charge is 2.26. The van der Waals surface area contributed by atoms with Crippen LogP contribution in [0.5, 0.6) is 5.75 Å². The largest absolute Gasteiger partial charge is 0.484 e. The van der Waals surface area contributed by atoms with E-state index in [1.165, 1.54) is 0 Å². The fourth-order valence-electron chi connectivity index (χ4n) is 2.02. The number of carboxylic acids is 1. The van der Waals surface area contributed by atoms with Gasteiger partial charge in [-0.15, -0.1) is 0 Å². The molecule has 1 atom stereocenters. The number of hydrogen-bond acceptors (Lipinski definition) is 4. The summed E-state index contributed by atoms with van der Waals surface area (Å²) in [6.07, 6.45) is -0.537. The third kappa shape index (κ3) is 4.24. The smallest absolute Gasteiger partial charge is 0.306 e. The van der Waals surface area contributed by atoms with Gasteiger partial charge in [0.15, 0.2) is 6.61 Å². The summed E-state index contributed by atoms with van der Waals surface area (Å²) >= 11 is 0. The van der Waals surface area contributed by atoms with Gasteiger partial charge in [-0.3, -0.25) is 9.59 Å². The van der Waals surface area contributed by atoms with Crippen LogP contribution in [0.1, 0.15) is 6.42 Å². The van der Waals surface area contributed by atoms with Crippen molar-refractivity contribution >= 4 is 11.9 Å². The molecule has 0 aliphatic carbocycles. The highest BCUT2D eigenvalue weighted by atomic mass is 16.5. The number of carbonyl (C=O) groups is 2. The van der Waals surface area contributed by atoms with E-state index < -0.39 is 12.1 Å². The lowest BCUT2D eigenvalue weighted by atomic mass is 10.2. The Labute approximate surface area is 116 Å². The number of nitrogens with zero attached hydrogens (tertiary/aromatic N) is 1. The summed E-state index contributed by atoms with van der Waals surface area (Å²) < 4.78 is 10.7. The number of carbonyl (C=O) groups excluding carboxylic acids is 1. The molecule has 1 aromatic rings. The molecule has 1 N–H and O–H groups in total. The molecule has 0 aromatic heterocycles. The Morgan fingerprint density at radius 1 is 1.35 bits per heavy atom. The number of para-hydroxylation sites is 1. The van der Waals surface area contributed by atoms with Crippen LogP contribution in [0.2, 0.25) is 0 Å². The van der Waals surface area contributed by atoms with Gasteiger partial charge in [0.05, 0.1) is 19.1 Å². The monoisotopic (exact) mass is 279 g/mol. The van der Waals surface area contributed by atoms with Gasteiger partial charge in [0.1, 0.15) is 5.75 Å². The molecule has 1 aliphatic heterocycles. The topological polar surface area (TPSA) is 76.1 Å². The van der Waals surface area contributed by atoms with Gasteiger partial charge in [-0.2, -0.15) is 0 Å². The Morgan fingerprint density at radius 2 is 2.10 bits per heavy atom. The molecule has 1 fully saturated rings. The number of carboxylic acid groups (broad SMARTS) is 1. The minimum atomic E-state index is -0.926. The molecule has 0 spiro atoms. The quantitative estimate of drug-likeness (QED) is 0.861. The Kier molecular flexibility index (Phi) is 4.95. The number of amides is 1. The zero-order valence-electron chi connectivity index (χ0n) is 11.0. The summed E-state index contributed by atoms with van der Waals surface area (Å²) in [7, 11) is 0. The second-order valence-corrected chi connectivity index (χ2v) is 4.53. The van der Waals surface area contributed by atoms with E-state index in [1.807, 2.05) is 18.2 Å². The van der Waals surface area contributed by atoms with Crippen LogP contribution in [-0.4, -0.2) is 54.3 Å². The first-order valence-corrected chi connectivity index (χ1v) is 6.44. The van der Waals surface area contributed by atoms with Crippen molar-refractivity contribution in [2.45, 2.75) is 12.5 Å². The molecule has 1 saturated heterocycles. The van der Waals surface area contributed by atoms with E-state index in [4.69, 9.17) is 14.6 Å². The standard InChI is InChI=1S/C14H17NO5/c16-13(10-20-11-4-2-1-3-5-11)15-6-7-19-12(9-15)8-14(17)18/h1-5,12H,6-10H2,(H,17,18)/t12-/m1/s1. The highest BCUT2D eigenvalue weighted by Crippen LogP contribution is 2.11. The van der Waals surface area contributed by atoms with Gasteiger partial charge in [0, 0.05) is 13.1 Å². The number of aliphatic carboxylic acids is 1. The second-order valence-electron chi connectivity index (χ2n) is 4.53. The van der Waals surface area contributed by atoms with E-state index in [-0.39, 0.29) is 18.9 Å². The first kappa shape index (κ1) is 14.3. The molecule has 0 saturated carbocycles. The molecular formula is C14H17NO5. The van der Waals surface area contributed by atoms with Gasteiger partial charge in [-0.25, -0.2) is 0 Å². The molecule has 1 aliphatic rings. The van der Waals surface area contributed by atoms with Crippen molar-refractivity contribution in [2.24, 2.45) is 0 Å². The fourth-order valence-corrected chi connectivity index (χ4v) is 2.02. The lowest BCUT2D eigenvalue weighted by Gasteiger charge is -2.32. The van der Waals surface area contributed by atoms with Gasteiger partial charge < -0.3 is 19.5 Å². The Bertz CT molecular complexity index is 462. The first-order chi connectivity index (χ1) is 9.65. The van der Waals surface area contributed by atoms with Crippen molar-refractivity contribution < 1.29 is 24.2 Å². The molecule has 1 heterocycles. The average Bonchev–Trinajstić information content (AvgIpc) is 2.45. The maximum Gasteiger partial charge on any atom is 0.306 e. The summed E-state index contributed by atoms with van der Waals surface area (Å²) in [5, 5.41) is 8.73. The van der Waals surface area contributed by atoms with Crippen LogP contribution >= 0.6 is 0 Å². The molecule has 0 bridgehead atoms. The zero-order valence-corrected chi connectivity index (χ0v) is 11.0. The number of ether oxygens (including phenoxy) is 2. The maximum absolute atomic E-state index is 12.0. The van der Waals surface area contributed by atoms with E-state index in [1.54, 1.807) is 17.0 Å². The van der Waals surface area contributed by atoms with Gasteiger partial charge >= 0.3 is 5.97 Å². The van der Waals surface area contributed by atoms with Crippen molar-refractivity contribution in [3.05, 3.63) is 30.3 Å². The van der Waals surface area contributed by atoms with E-state index in [2.05, 4.69) is 0 Å². The second kappa shape index (κ2) is 6.91. The van der Waals surface area contributed by atoms with Gasteiger partial charge in [0.25, 0.3) is 5.91 Å². The molecule has 20 heavy (non-hydrogen) atoms. The summed E-state index contributed by atoms with van der Waals surface area (Å²) in [5.74, 6) is -0.450. The van der Waals surface area contributed by atoms with Crippen molar-refractivity contribution in [2.75, 3.05) is 26.3 Å². The lowest BCUT2D eigenvalue weighted by Crippen LogP contribution is -2.47. The van der Waals surface area contributed by atoms with Crippen LogP contribution in [0.3, 0.4) is 0 Å². The van der Waals surface area contributed by atoms with Crippen LogP contribution in [0.25, 0.3) is 0 Å². The van der Waals surface area contributed by atoms with Crippen LogP contribution in [-0.2, 0) is 14.3 Å². The highest BCUT2D eigenvalue weighted by molar-refractivity contribution is 5.78. The normalized spacial score (nSPS) is 18.6. The van der Waals surface area contributed by atoms with E-state index in [9.17, 15) is 9.59 Å². The first-order valence-electron chi connectivity index (χ1n) is 6.44. The molecule has 0 radical (unpaired) electrons. The Hall–Kier alpha value is -2.08. The van der Waals surface area contributed by atoms with Crippen LogP contribution in [0.15, 0.2) is 30.3 Å². The molecule has 0 unspecified atom stereocenters. The number of benzene rings is 1. The van der Waals surface area contributed by atoms with Gasteiger partial charge in [-0.1, -0.05) is 18.2 Å². The SMILES string of the molecule is O=C(O)C[C@@H]1CN(C(=O)COc2ccccc2)CCO1. The molecule has 108 valence electrons. The number of hydrogen-bond donors (Lipinski definition) is 1. The fraction of sp³-hybridized carbons (Fsp3) is 0.429. The summed E-state index contributed by atoms with van der Waals surface area (Å²) in [5.41, 5.74) is 0. The van der Waals surface area contributed by atoms with E-state index in [0.29, 0.717) is 25.4 Å². The van der Waals surface area contributed by atoms with Crippen LogP contribution < -0.4 is 4.74 Å². The molecule has 6 heteroatoms. The third-order valence-electron chi connectivity index (χ3n) is 3.00. The average molecular weight is 279 g/mol. The molecule has 1 amide bonds. The minimum Gasteiger partial charge on any atom is -0.484 e. The summed E-state index contributed by atoms with van der Waals surface area (Å²) in [6, 6.07) is 9.08. The predicted molar refractivity (Wildman–Crippen MR) is 70.5 cm³/mol. The lowest BCUT2D eigenvalue weighted by molar-refractivity contribution is -0.148. The van der Waals surface area contributed by atoms with Crippen molar-refractivity contribution in [3.63, 3.8) is 0 Å². The van der Waals surface area contributed by atoms with Crippen molar-refractivity contribution in [1.29, 1.82) is 0 Å². The Morgan fingerprint density at radius 3 is 2.80 bits per heavy atom. The van der Waals surface area contributed by atoms with Crippen LogP contribution in [0.4, 0.5) is 0 Å². The Balaban J connectivity index is 1.81. The molecule has 6 nitrogen and oxygen atoms in total. The van der Waals surface area contributed by atoms with Crippen molar-refractivity contribution in [1.82, 2.24) is 4.90 Å². The zero-order chi connectivity index (χ0) is 14.4. The van der Waals surface area contributed by atoms with E-state index in [0.717, 1.165) is 0 Å². The van der Waals surface area contributed by atoms with Gasteiger partial charge in [0.2, 0.25) is 0 Å². The number of rotatable bonds is 5. The molecule has 2 rings (SSSR count). The van der Waals surface area contributed by atoms with Gasteiger partial charge in [-0.05, 0) is 12.1 Å². The van der Waals surface area contributed by atoms with E-state index >= 15 is 0 Å². The molecular weight excluding hydrogens is 262 g/mol. The predicted octanol–water partition coefficient (Wildman–Crippen LogP) is 0.767. The maximum atomic E-state index is 12.0. The number of morpholine rings is 1. The van der Waals surface area contributed by atoms with Crippen LogP contribution in [0, 0.1) is 0 Å². The van der Waals surface area contributed by atoms with Crippen molar-refractivity contribution in [3.8, 4) is 5.75 Å². The third-order valence-corrected chi connectivity index (χ3v) is 3.00. The minimum absolute atomic E-state index is 0.0518. The summed E-state index contributed by atoms with van der Waals surface area (Å²) in [4.78, 5) is 24.2. The summed E-state index contributed by atoms with van der Waals surface area (Å²) in [6.45, 7) is 1.06.